The van der Waals surface area contributed by atoms with Gasteiger partial charge in [0.05, 0.1) is 51.7 Å². The monoisotopic (exact) mass is 1390 g/mol. The fourth-order valence-corrected chi connectivity index (χ4v) is 15.7. The van der Waals surface area contributed by atoms with Crippen molar-refractivity contribution in [2.45, 2.75) is 101 Å². The molecule has 2 aliphatic carbocycles. The fourth-order valence-electron chi connectivity index (χ4n) is 15.7. The summed E-state index contributed by atoms with van der Waals surface area (Å²) in [6.07, 6.45) is 13.7. The molecule has 0 saturated heterocycles. The van der Waals surface area contributed by atoms with E-state index in [1.165, 1.54) is 24.3 Å². The Bertz CT molecular complexity index is 4860. The molecule has 0 radical (unpaired) electrons. The molecule has 526 valence electrons. The van der Waals surface area contributed by atoms with Gasteiger partial charge in [-0.2, -0.15) is 10.5 Å². The Morgan fingerprint density at radius 2 is 0.760 bits per heavy atom. The zero-order valence-corrected chi connectivity index (χ0v) is 59.4. The fraction of sp³-hybridized carbons (Fsp3) is 0.273. The Kier molecular flexibility index (Phi) is 18.9. The number of halogens is 2. The van der Waals surface area contributed by atoms with Crippen molar-refractivity contribution >= 4 is 45.6 Å². The Balaban J connectivity index is 0.536. The van der Waals surface area contributed by atoms with Crippen molar-refractivity contribution in [2.24, 2.45) is 0 Å². The molecule has 16 heteroatoms. The van der Waals surface area contributed by atoms with Gasteiger partial charge < -0.3 is 47.4 Å². The molecule has 10 aromatic carbocycles. The predicted molar refractivity (Wildman–Crippen MR) is 395 cm³/mol. The molecule has 0 bridgehead atoms. The summed E-state index contributed by atoms with van der Waals surface area (Å²) in [5.74, 6) is 3.17. The highest BCUT2D eigenvalue weighted by Gasteiger charge is 2.47. The maximum atomic E-state index is 14.7. The van der Waals surface area contributed by atoms with Crippen molar-refractivity contribution in [1.82, 2.24) is 0 Å². The molecule has 2 atom stereocenters. The van der Waals surface area contributed by atoms with Crippen LogP contribution in [-0.2, 0) is 41.1 Å². The van der Waals surface area contributed by atoms with E-state index in [1.807, 2.05) is 121 Å². The molecule has 2 heterocycles. The van der Waals surface area contributed by atoms with Gasteiger partial charge in [0, 0.05) is 67.8 Å². The van der Waals surface area contributed by atoms with Crippen LogP contribution < -0.4 is 37.9 Å². The summed E-state index contributed by atoms with van der Waals surface area (Å²) in [6, 6.07) is 51.8. The maximum Gasteiger partial charge on any atom is 0.305 e. The van der Waals surface area contributed by atoms with Gasteiger partial charge >= 0.3 is 11.9 Å². The Morgan fingerprint density at radius 1 is 0.423 bits per heavy atom. The number of ether oxygens (including phenoxy) is 10. The van der Waals surface area contributed by atoms with Gasteiger partial charge in [0.15, 0.2) is 34.2 Å². The van der Waals surface area contributed by atoms with Crippen LogP contribution in [0.2, 0.25) is 0 Å². The van der Waals surface area contributed by atoms with Crippen LogP contribution >= 0.6 is 0 Å². The van der Waals surface area contributed by atoms with Crippen LogP contribution in [0.25, 0.3) is 56.0 Å². The van der Waals surface area contributed by atoms with Crippen molar-refractivity contribution < 1.29 is 65.7 Å². The molecule has 4 aliphatic rings. The molecule has 0 aromatic heterocycles. The van der Waals surface area contributed by atoms with E-state index in [4.69, 9.17) is 47.4 Å². The van der Waals surface area contributed by atoms with Crippen LogP contribution in [0.4, 0.5) is 8.78 Å². The summed E-state index contributed by atoms with van der Waals surface area (Å²) in [5.41, 5.74) is 10.7. The van der Waals surface area contributed by atoms with Gasteiger partial charge in [-0.05, 0) is 177 Å². The second-order valence-corrected chi connectivity index (χ2v) is 27.6. The van der Waals surface area contributed by atoms with Crippen molar-refractivity contribution in [1.29, 1.82) is 10.5 Å². The molecule has 2 aliphatic heterocycles. The molecule has 0 saturated carbocycles. The lowest BCUT2D eigenvalue weighted by Crippen LogP contribution is -2.35. The number of methoxy groups -OCH3 is 4. The van der Waals surface area contributed by atoms with Crippen molar-refractivity contribution in [2.75, 3.05) is 54.9 Å². The summed E-state index contributed by atoms with van der Waals surface area (Å²) in [7, 11) is 6.41. The van der Waals surface area contributed by atoms with Crippen LogP contribution in [0, 0.1) is 34.3 Å². The average Bonchev–Trinajstić information content (AvgIpc) is 1.49. The number of hydrogen-bond acceptors (Lipinski definition) is 14. The summed E-state index contributed by atoms with van der Waals surface area (Å²) in [5, 5.41) is 23.2. The van der Waals surface area contributed by atoms with E-state index in [1.54, 1.807) is 52.7 Å². The van der Waals surface area contributed by atoms with Gasteiger partial charge in [-0.3, -0.25) is 9.59 Å². The number of carbonyl (C=O) groups excluding carboxylic acids is 2. The molecule has 0 fully saturated rings. The molecule has 104 heavy (non-hydrogen) atoms. The quantitative estimate of drug-likeness (QED) is 0.0390. The lowest BCUT2D eigenvalue weighted by Gasteiger charge is -2.38. The molecule has 14 rings (SSSR count). The number of carbonyl (C=O) groups is 2. The molecular weight excluding hydrogens is 1310 g/mol. The third-order valence-electron chi connectivity index (χ3n) is 20.9. The summed E-state index contributed by atoms with van der Waals surface area (Å²) >= 11 is 0. The first-order valence-electron chi connectivity index (χ1n) is 35.1. The number of nitrogens with zero attached hydrogens (tertiary/aromatic N) is 2. The van der Waals surface area contributed by atoms with Crippen LogP contribution in [0.3, 0.4) is 0 Å². The summed E-state index contributed by atoms with van der Waals surface area (Å²) in [4.78, 5) is 25.5. The third kappa shape index (κ3) is 12.4. The van der Waals surface area contributed by atoms with Gasteiger partial charge in [0.1, 0.15) is 61.1 Å². The van der Waals surface area contributed by atoms with E-state index in [-0.39, 0.29) is 62.8 Å². The highest BCUT2D eigenvalue weighted by molar-refractivity contribution is 6.11. The summed E-state index contributed by atoms with van der Waals surface area (Å²) < 4.78 is 90.8. The molecule has 0 amide bonds. The molecule has 10 aromatic rings. The number of rotatable bonds is 25. The van der Waals surface area contributed by atoms with E-state index in [0.717, 1.165) is 114 Å². The first kappa shape index (κ1) is 69.5. The Hall–Kier alpha value is -11.6. The predicted octanol–water partition coefficient (Wildman–Crippen LogP) is 19.0. The SMILES string of the molecule is COc1cc2c3c(c4c(c2cc1OC)-c1ccc(C#N)cc1C4(C)C)C=CC(c1ccc(F)cc1)(c1ccc(OCCOC(=O)CCCCCCCCC(=O)OCCOc2ccc(C4(c5ccc(F)cc5)C=Cc5c6c(c7cc(OC)c(OC)cc7c5O4)-c4ccc(C#N)cc4C6(C)C)cc2)cc1)O3. The first-order chi connectivity index (χ1) is 50.4. The normalized spacial score (nSPS) is 16.4. The van der Waals surface area contributed by atoms with Gasteiger partial charge in [-0.15, -0.1) is 0 Å². The van der Waals surface area contributed by atoms with Crippen LogP contribution in [0.15, 0.2) is 170 Å². The van der Waals surface area contributed by atoms with Crippen LogP contribution in [0.1, 0.15) is 146 Å². The number of benzene rings is 10. The van der Waals surface area contributed by atoms with E-state index < -0.39 is 22.0 Å². The molecule has 0 spiro atoms. The van der Waals surface area contributed by atoms with E-state index in [0.29, 0.717) is 81.1 Å². The Labute approximate surface area is 603 Å². The minimum absolute atomic E-state index is 0.0739. The highest BCUT2D eigenvalue weighted by atomic mass is 19.1. The van der Waals surface area contributed by atoms with Gasteiger partial charge in [-0.1, -0.05) is 126 Å². The molecule has 0 N–H and O–H groups in total. The van der Waals surface area contributed by atoms with Crippen molar-refractivity contribution in [3.8, 4) is 80.4 Å². The van der Waals surface area contributed by atoms with Crippen molar-refractivity contribution in [3.63, 3.8) is 0 Å². The smallest absolute Gasteiger partial charge is 0.305 e. The lowest BCUT2D eigenvalue weighted by molar-refractivity contribution is -0.145. The Morgan fingerprint density at radius 3 is 1.11 bits per heavy atom. The van der Waals surface area contributed by atoms with Gasteiger partial charge in [-0.25, -0.2) is 8.78 Å². The largest absolute Gasteiger partial charge is 0.493 e. The van der Waals surface area contributed by atoms with Crippen LogP contribution in [-0.4, -0.2) is 66.8 Å². The number of unbranched alkanes of at least 4 members (excludes halogenated alkanes) is 5. The van der Waals surface area contributed by atoms with Gasteiger partial charge in [0.25, 0.3) is 0 Å². The second kappa shape index (κ2) is 28.3. The minimum Gasteiger partial charge on any atom is -0.493 e. The maximum absolute atomic E-state index is 14.7. The minimum atomic E-state index is -1.21. The van der Waals surface area contributed by atoms with Crippen LogP contribution in [0.5, 0.6) is 46.0 Å². The summed E-state index contributed by atoms with van der Waals surface area (Å²) in [6.45, 7) is 9.09. The number of fused-ring (bicyclic) bond motifs is 16. The molecular formula is C88H78F2N2O12. The molecule has 2 unspecified atom stereocenters. The first-order valence-corrected chi connectivity index (χ1v) is 35.1. The zero-order valence-electron chi connectivity index (χ0n) is 59.4. The second-order valence-electron chi connectivity index (χ2n) is 27.6. The topological polar surface area (TPSA) is 174 Å². The average molecular weight is 1390 g/mol. The molecule has 14 nitrogen and oxygen atoms in total. The van der Waals surface area contributed by atoms with Gasteiger partial charge in [0.2, 0.25) is 0 Å². The lowest BCUT2D eigenvalue weighted by atomic mass is 9.76. The standard InChI is InChI=1S/C88H78F2N2O12/c1-85(2)71-45-53(51-91)17-35-63(71)79-67-47-73(95-5)75(97-7)49-69(67)83-65(81(79)85)37-39-87(103-83,55-19-27-59(89)28-20-55)57-23-31-61(32-24-57)99-41-43-101-77(93)15-13-11-9-10-12-14-16-78(94)102-44-42-100-62-33-25-58(26-34-62)88(56-21-29-60(90)30-22-56)40-38-66-82-80(64-36-18-54(52-92)46-72(64)86(82,3)4)68-48-74(96-6)76(98-8)50-70(68)84(66)104-88/h17-40,45-50H,9-16,41-44H2,1-8H3. The number of nitriles is 2. The van der Waals surface area contributed by atoms with E-state index >= 15 is 0 Å². The number of esters is 2. The number of hydrogen-bond donors (Lipinski definition) is 0. The zero-order chi connectivity index (χ0) is 72.7. The van der Waals surface area contributed by atoms with Crippen molar-refractivity contribution in [3.05, 3.63) is 248 Å². The van der Waals surface area contributed by atoms with E-state index in [9.17, 15) is 28.9 Å². The highest BCUT2D eigenvalue weighted by Crippen LogP contribution is 2.62. The third-order valence-corrected chi connectivity index (χ3v) is 20.9. The van der Waals surface area contributed by atoms with E-state index in [2.05, 4.69) is 52.0 Å².